The third kappa shape index (κ3) is 3.61. The molecule has 0 aliphatic rings. The molecule has 3 aromatic rings. The summed E-state index contributed by atoms with van der Waals surface area (Å²) in [7, 11) is 3.09. The predicted molar refractivity (Wildman–Crippen MR) is 94.4 cm³/mol. The number of amides is 1. The second kappa shape index (κ2) is 7.31. The van der Waals surface area contributed by atoms with Gasteiger partial charge in [0.1, 0.15) is 17.8 Å². The molecule has 0 atom stereocenters. The summed E-state index contributed by atoms with van der Waals surface area (Å²) in [4.78, 5) is 12.8. The zero-order chi connectivity index (χ0) is 17.8. The minimum atomic E-state index is -0.324. The van der Waals surface area contributed by atoms with Crippen molar-refractivity contribution in [2.45, 2.75) is 0 Å². The van der Waals surface area contributed by atoms with Gasteiger partial charge in [0.2, 0.25) is 0 Å². The quantitative estimate of drug-likeness (QED) is 0.703. The van der Waals surface area contributed by atoms with Crippen molar-refractivity contribution in [2.75, 3.05) is 19.5 Å². The van der Waals surface area contributed by atoms with E-state index in [0.717, 1.165) is 4.47 Å². The average Bonchev–Trinajstić information content (AvgIpc) is 3.16. The number of hydrogen-bond acceptors (Lipinski definition) is 6. The Balaban J connectivity index is 1.96. The van der Waals surface area contributed by atoms with Crippen LogP contribution < -0.4 is 14.8 Å². The van der Waals surface area contributed by atoms with Crippen LogP contribution in [-0.2, 0) is 0 Å². The molecule has 3 rings (SSSR count). The molecule has 1 heterocycles. The first-order chi connectivity index (χ1) is 12.1. The van der Waals surface area contributed by atoms with Gasteiger partial charge in [0.25, 0.3) is 5.91 Å². The number of nitrogens with one attached hydrogen (secondary N) is 1. The number of aromatic nitrogens is 4. The lowest BCUT2D eigenvalue weighted by Crippen LogP contribution is -2.16. The van der Waals surface area contributed by atoms with Gasteiger partial charge in [0.05, 0.1) is 31.2 Å². The Morgan fingerprint density at radius 1 is 1.16 bits per heavy atom. The lowest BCUT2D eigenvalue weighted by molar-refractivity contribution is 0.102. The summed E-state index contributed by atoms with van der Waals surface area (Å²) in [5, 5.41) is 13.9. The van der Waals surface area contributed by atoms with Gasteiger partial charge in [-0.25, -0.2) is 0 Å². The standard InChI is InChI=1S/C16H14BrN5O3/c1-24-11-4-5-13(15(8-11)25-2)19-16(23)12-7-10(17)3-6-14(12)22-9-18-20-21-22/h3-9H,1-2H3,(H,19,23). The van der Waals surface area contributed by atoms with Crippen LogP contribution in [0.3, 0.4) is 0 Å². The number of benzene rings is 2. The van der Waals surface area contributed by atoms with E-state index in [-0.39, 0.29) is 5.91 Å². The number of hydrogen-bond donors (Lipinski definition) is 1. The smallest absolute Gasteiger partial charge is 0.258 e. The van der Waals surface area contributed by atoms with E-state index in [1.54, 1.807) is 37.4 Å². The van der Waals surface area contributed by atoms with Crippen molar-refractivity contribution in [2.24, 2.45) is 0 Å². The first-order valence-corrected chi connectivity index (χ1v) is 7.98. The number of carbonyl (C=O) groups is 1. The molecule has 25 heavy (non-hydrogen) atoms. The highest BCUT2D eigenvalue weighted by Crippen LogP contribution is 2.30. The van der Waals surface area contributed by atoms with E-state index in [1.807, 2.05) is 6.07 Å². The van der Waals surface area contributed by atoms with E-state index in [9.17, 15) is 4.79 Å². The van der Waals surface area contributed by atoms with Crippen LogP contribution in [-0.4, -0.2) is 40.3 Å². The Bertz CT molecular complexity index is 899. The van der Waals surface area contributed by atoms with Crippen LogP contribution in [0.5, 0.6) is 11.5 Å². The summed E-state index contributed by atoms with van der Waals surface area (Å²) >= 11 is 3.38. The molecule has 0 aliphatic carbocycles. The van der Waals surface area contributed by atoms with Gasteiger partial charge in [-0.1, -0.05) is 15.9 Å². The van der Waals surface area contributed by atoms with E-state index >= 15 is 0 Å². The zero-order valence-corrected chi connectivity index (χ0v) is 15.0. The third-order valence-corrected chi connectivity index (χ3v) is 3.95. The molecule has 1 N–H and O–H groups in total. The molecule has 0 fully saturated rings. The highest BCUT2D eigenvalue weighted by atomic mass is 79.9. The van der Waals surface area contributed by atoms with Gasteiger partial charge in [0.15, 0.2) is 0 Å². The van der Waals surface area contributed by atoms with Crippen molar-refractivity contribution in [1.29, 1.82) is 0 Å². The molecule has 0 spiro atoms. The van der Waals surface area contributed by atoms with Crippen molar-refractivity contribution < 1.29 is 14.3 Å². The monoisotopic (exact) mass is 403 g/mol. The maximum atomic E-state index is 12.8. The zero-order valence-electron chi connectivity index (χ0n) is 13.4. The molecule has 0 unspecified atom stereocenters. The normalized spacial score (nSPS) is 10.4. The highest BCUT2D eigenvalue weighted by Gasteiger charge is 2.16. The summed E-state index contributed by atoms with van der Waals surface area (Å²) in [6.45, 7) is 0. The fraction of sp³-hybridized carbons (Fsp3) is 0.125. The van der Waals surface area contributed by atoms with Crippen LogP contribution in [0.2, 0.25) is 0 Å². The SMILES string of the molecule is COc1ccc(NC(=O)c2cc(Br)ccc2-n2cnnn2)c(OC)c1. The summed E-state index contributed by atoms with van der Waals surface area (Å²) in [5.41, 5.74) is 1.48. The fourth-order valence-electron chi connectivity index (χ4n) is 2.25. The van der Waals surface area contributed by atoms with Crippen LogP contribution in [0.1, 0.15) is 10.4 Å². The van der Waals surface area contributed by atoms with Gasteiger partial charge < -0.3 is 14.8 Å². The lowest BCUT2D eigenvalue weighted by atomic mass is 10.1. The predicted octanol–water partition coefficient (Wildman–Crippen LogP) is 2.69. The highest BCUT2D eigenvalue weighted by molar-refractivity contribution is 9.10. The molecular weight excluding hydrogens is 390 g/mol. The summed E-state index contributed by atoms with van der Waals surface area (Å²) < 4.78 is 12.7. The second-order valence-corrected chi connectivity index (χ2v) is 5.85. The van der Waals surface area contributed by atoms with E-state index in [2.05, 4.69) is 36.8 Å². The molecule has 0 radical (unpaired) electrons. The number of anilines is 1. The number of carbonyl (C=O) groups excluding carboxylic acids is 1. The average molecular weight is 404 g/mol. The van der Waals surface area contributed by atoms with Crippen LogP contribution in [0.15, 0.2) is 47.2 Å². The fourth-order valence-corrected chi connectivity index (χ4v) is 2.61. The van der Waals surface area contributed by atoms with Crippen LogP contribution in [0.4, 0.5) is 5.69 Å². The number of tetrazole rings is 1. The van der Waals surface area contributed by atoms with Crippen molar-refractivity contribution >= 4 is 27.5 Å². The Morgan fingerprint density at radius 3 is 2.68 bits per heavy atom. The molecule has 8 nitrogen and oxygen atoms in total. The first-order valence-electron chi connectivity index (χ1n) is 7.18. The summed E-state index contributed by atoms with van der Waals surface area (Å²) in [6.07, 6.45) is 1.42. The lowest BCUT2D eigenvalue weighted by Gasteiger charge is -2.13. The van der Waals surface area contributed by atoms with Gasteiger partial charge in [-0.15, -0.1) is 5.10 Å². The van der Waals surface area contributed by atoms with Gasteiger partial charge in [-0.2, -0.15) is 4.68 Å². The number of methoxy groups -OCH3 is 2. The van der Waals surface area contributed by atoms with Crippen molar-refractivity contribution in [3.63, 3.8) is 0 Å². The van der Waals surface area contributed by atoms with Crippen LogP contribution in [0.25, 0.3) is 5.69 Å². The molecular formula is C16H14BrN5O3. The molecule has 0 bridgehead atoms. The Morgan fingerprint density at radius 2 is 2.00 bits per heavy atom. The van der Waals surface area contributed by atoms with Gasteiger partial charge in [0, 0.05) is 10.5 Å². The largest absolute Gasteiger partial charge is 0.497 e. The summed E-state index contributed by atoms with van der Waals surface area (Å²) in [6, 6.07) is 10.4. The molecule has 1 aromatic heterocycles. The number of halogens is 1. The second-order valence-electron chi connectivity index (χ2n) is 4.94. The maximum Gasteiger partial charge on any atom is 0.258 e. The van der Waals surface area contributed by atoms with E-state index in [1.165, 1.54) is 18.1 Å². The first kappa shape index (κ1) is 16.9. The van der Waals surface area contributed by atoms with Gasteiger partial charge in [-0.05, 0) is 40.8 Å². The van der Waals surface area contributed by atoms with Gasteiger partial charge in [-0.3, -0.25) is 4.79 Å². The van der Waals surface area contributed by atoms with Crippen molar-refractivity contribution in [1.82, 2.24) is 20.2 Å². The number of rotatable bonds is 5. The van der Waals surface area contributed by atoms with E-state index in [0.29, 0.717) is 28.4 Å². The van der Waals surface area contributed by atoms with Crippen molar-refractivity contribution in [3.8, 4) is 17.2 Å². The van der Waals surface area contributed by atoms with E-state index < -0.39 is 0 Å². The maximum absolute atomic E-state index is 12.8. The topological polar surface area (TPSA) is 91.2 Å². The third-order valence-electron chi connectivity index (χ3n) is 3.46. The number of nitrogens with zero attached hydrogens (tertiary/aromatic N) is 4. The van der Waals surface area contributed by atoms with Crippen LogP contribution >= 0.6 is 15.9 Å². The summed E-state index contributed by atoms with van der Waals surface area (Å²) in [5.74, 6) is 0.800. The van der Waals surface area contributed by atoms with Crippen LogP contribution in [0, 0.1) is 0 Å². The minimum absolute atomic E-state index is 0.324. The minimum Gasteiger partial charge on any atom is -0.497 e. The number of ether oxygens (including phenoxy) is 2. The Hall–Kier alpha value is -2.94. The molecule has 0 aliphatic heterocycles. The molecule has 0 saturated heterocycles. The molecule has 9 heteroatoms. The Labute approximate surface area is 151 Å². The molecule has 1 amide bonds. The molecule has 0 saturated carbocycles. The van der Waals surface area contributed by atoms with Crippen molar-refractivity contribution in [3.05, 3.63) is 52.8 Å². The molecule has 2 aromatic carbocycles. The molecule has 128 valence electrons. The van der Waals surface area contributed by atoms with E-state index in [4.69, 9.17) is 9.47 Å². The Kier molecular flexibility index (Phi) is 4.94. The van der Waals surface area contributed by atoms with Gasteiger partial charge >= 0.3 is 0 Å².